The second-order valence-electron chi connectivity index (χ2n) is 3.54. The summed E-state index contributed by atoms with van der Waals surface area (Å²) in [7, 11) is 0. The smallest absolute Gasteiger partial charge is 0.258 e. The van der Waals surface area contributed by atoms with Gasteiger partial charge < -0.3 is 4.52 Å². The largest absolute Gasteiger partial charge is 0.338 e. The van der Waals surface area contributed by atoms with Gasteiger partial charge in [0.15, 0.2) is 0 Å². The molecule has 0 aliphatic carbocycles. The fourth-order valence-electron chi connectivity index (χ4n) is 1.30. The topological polar surface area (TPSA) is 55.1 Å². The summed E-state index contributed by atoms with van der Waals surface area (Å²) in [6.45, 7) is 3.68. The van der Waals surface area contributed by atoms with Crippen LogP contribution in [0, 0.1) is 13.8 Å². The lowest BCUT2D eigenvalue weighted by Crippen LogP contribution is -2.11. The van der Waals surface area contributed by atoms with Crippen molar-refractivity contribution in [2.24, 2.45) is 0 Å². The van der Waals surface area contributed by atoms with Crippen LogP contribution in [-0.2, 0) is 0 Å². The molecule has 1 aromatic heterocycles. The molecule has 0 aliphatic rings. The lowest BCUT2D eigenvalue weighted by atomic mass is 10.2. The first kappa shape index (κ1) is 10.4. The fourth-order valence-corrected chi connectivity index (χ4v) is 1.30. The second-order valence-corrected chi connectivity index (χ2v) is 3.54. The summed E-state index contributed by atoms with van der Waals surface area (Å²) in [5.41, 5.74) is 2.23. The van der Waals surface area contributed by atoms with Crippen LogP contribution in [0.1, 0.15) is 21.6 Å². The maximum atomic E-state index is 11.8. The van der Waals surface area contributed by atoms with Crippen LogP contribution >= 0.6 is 0 Å². The Morgan fingerprint density at radius 3 is 2.50 bits per heavy atom. The monoisotopic (exact) mass is 216 g/mol. The van der Waals surface area contributed by atoms with E-state index in [9.17, 15) is 4.79 Å². The number of rotatable bonds is 2. The van der Waals surface area contributed by atoms with Crippen molar-refractivity contribution in [1.29, 1.82) is 0 Å². The zero-order chi connectivity index (χ0) is 11.5. The Hall–Kier alpha value is -2.10. The Balaban J connectivity index is 2.17. The average molecular weight is 216 g/mol. The number of aryl methyl sites for hydroxylation is 1. The number of benzene rings is 1. The van der Waals surface area contributed by atoms with Crippen LogP contribution in [0.25, 0.3) is 0 Å². The molecule has 16 heavy (non-hydrogen) atoms. The molecule has 0 saturated heterocycles. The number of carbonyl (C=O) groups excluding carboxylic acids is 1. The molecular formula is C12H12N2O2. The number of anilines is 1. The van der Waals surface area contributed by atoms with E-state index >= 15 is 0 Å². The normalized spacial score (nSPS) is 10.1. The van der Waals surface area contributed by atoms with Crippen molar-refractivity contribution < 1.29 is 9.32 Å². The fraction of sp³-hybridized carbons (Fsp3) is 0.167. The van der Waals surface area contributed by atoms with Gasteiger partial charge in [-0.3, -0.25) is 10.1 Å². The van der Waals surface area contributed by atoms with E-state index in [-0.39, 0.29) is 5.91 Å². The zero-order valence-electron chi connectivity index (χ0n) is 9.15. The van der Waals surface area contributed by atoms with Crippen molar-refractivity contribution in [1.82, 2.24) is 5.16 Å². The van der Waals surface area contributed by atoms with Gasteiger partial charge in [-0.1, -0.05) is 23.4 Å². The number of hydrogen-bond donors (Lipinski definition) is 1. The maximum Gasteiger partial charge on any atom is 0.258 e. The molecule has 0 aliphatic heterocycles. The molecule has 0 bridgehead atoms. The number of nitrogens with zero attached hydrogens (tertiary/aromatic N) is 1. The Morgan fingerprint density at radius 2 is 1.94 bits per heavy atom. The zero-order valence-corrected chi connectivity index (χ0v) is 9.15. The van der Waals surface area contributed by atoms with Gasteiger partial charge >= 0.3 is 0 Å². The highest BCUT2D eigenvalue weighted by Crippen LogP contribution is 2.18. The Labute approximate surface area is 93.3 Å². The van der Waals surface area contributed by atoms with Gasteiger partial charge in [0.05, 0.1) is 5.69 Å². The van der Waals surface area contributed by atoms with Gasteiger partial charge in [-0.15, -0.1) is 0 Å². The van der Waals surface area contributed by atoms with E-state index in [2.05, 4.69) is 10.5 Å². The van der Waals surface area contributed by atoms with Crippen LogP contribution in [-0.4, -0.2) is 11.1 Å². The highest BCUT2D eigenvalue weighted by atomic mass is 16.5. The summed E-state index contributed by atoms with van der Waals surface area (Å²) in [6.07, 6.45) is 0. The molecule has 0 saturated carbocycles. The highest BCUT2D eigenvalue weighted by Gasteiger charge is 2.12. The second kappa shape index (κ2) is 4.18. The molecule has 0 unspecified atom stereocenters. The van der Waals surface area contributed by atoms with Crippen molar-refractivity contribution in [3.05, 3.63) is 47.2 Å². The minimum Gasteiger partial charge on any atom is -0.338 e. The first-order chi connectivity index (χ1) is 7.68. The van der Waals surface area contributed by atoms with Crippen molar-refractivity contribution >= 4 is 11.8 Å². The van der Waals surface area contributed by atoms with Crippen molar-refractivity contribution in [3.8, 4) is 0 Å². The van der Waals surface area contributed by atoms with Crippen molar-refractivity contribution in [3.63, 3.8) is 0 Å². The molecule has 0 fully saturated rings. The minimum atomic E-state index is -0.195. The number of carbonyl (C=O) groups is 1. The SMILES string of the molecule is Cc1noc(NC(=O)c2ccccc2)c1C. The molecule has 0 radical (unpaired) electrons. The quantitative estimate of drug-likeness (QED) is 0.839. The summed E-state index contributed by atoms with van der Waals surface area (Å²) >= 11 is 0. The summed E-state index contributed by atoms with van der Waals surface area (Å²) in [6, 6.07) is 8.98. The Morgan fingerprint density at radius 1 is 1.25 bits per heavy atom. The Kier molecular flexibility index (Phi) is 2.72. The molecule has 1 N–H and O–H groups in total. The number of amides is 1. The standard InChI is InChI=1S/C12H12N2O2/c1-8-9(2)14-16-12(8)13-11(15)10-6-4-3-5-7-10/h3-7H,1-2H3,(H,13,15). The third-order valence-electron chi connectivity index (χ3n) is 2.42. The van der Waals surface area contributed by atoms with Crippen molar-refractivity contribution in [2.45, 2.75) is 13.8 Å². The molecule has 4 heteroatoms. The van der Waals surface area contributed by atoms with E-state index in [1.54, 1.807) is 12.1 Å². The van der Waals surface area contributed by atoms with Gasteiger partial charge in [0.25, 0.3) is 5.91 Å². The number of nitrogens with one attached hydrogen (secondary N) is 1. The molecule has 0 spiro atoms. The molecule has 4 nitrogen and oxygen atoms in total. The summed E-state index contributed by atoms with van der Waals surface area (Å²) in [4.78, 5) is 11.8. The molecule has 0 atom stereocenters. The van der Waals surface area contributed by atoms with Crippen LogP contribution in [0.3, 0.4) is 0 Å². The molecule has 1 heterocycles. The van der Waals surface area contributed by atoms with Gasteiger partial charge in [0.1, 0.15) is 0 Å². The van der Waals surface area contributed by atoms with Gasteiger partial charge in [-0.2, -0.15) is 0 Å². The maximum absolute atomic E-state index is 11.8. The average Bonchev–Trinajstić information content (AvgIpc) is 2.62. The van der Waals surface area contributed by atoms with E-state index < -0.39 is 0 Å². The first-order valence-electron chi connectivity index (χ1n) is 4.98. The molecule has 82 valence electrons. The van der Waals surface area contributed by atoms with E-state index in [0.29, 0.717) is 11.4 Å². The van der Waals surface area contributed by atoms with Gasteiger partial charge in [0, 0.05) is 11.1 Å². The molecule has 1 aromatic carbocycles. The lowest BCUT2D eigenvalue weighted by Gasteiger charge is -2.01. The highest BCUT2D eigenvalue weighted by molar-refractivity contribution is 6.03. The van der Waals surface area contributed by atoms with Gasteiger partial charge in [-0.05, 0) is 26.0 Å². The third-order valence-corrected chi connectivity index (χ3v) is 2.42. The van der Waals surface area contributed by atoms with Crippen LogP contribution in [0.2, 0.25) is 0 Å². The van der Waals surface area contributed by atoms with Crippen LogP contribution in [0.15, 0.2) is 34.9 Å². The molecular weight excluding hydrogens is 204 g/mol. The predicted molar refractivity (Wildman–Crippen MR) is 60.4 cm³/mol. The van der Waals surface area contributed by atoms with E-state index in [0.717, 1.165) is 11.3 Å². The molecule has 1 amide bonds. The van der Waals surface area contributed by atoms with Gasteiger partial charge in [0.2, 0.25) is 5.88 Å². The summed E-state index contributed by atoms with van der Waals surface area (Å²) in [5.74, 6) is 0.214. The first-order valence-corrected chi connectivity index (χ1v) is 4.98. The van der Waals surface area contributed by atoms with E-state index in [1.807, 2.05) is 32.0 Å². The predicted octanol–water partition coefficient (Wildman–Crippen LogP) is 2.54. The number of aromatic nitrogens is 1. The molecule has 2 rings (SSSR count). The summed E-state index contributed by atoms with van der Waals surface area (Å²) < 4.78 is 5.01. The van der Waals surface area contributed by atoms with Gasteiger partial charge in [-0.25, -0.2) is 0 Å². The molecule has 2 aromatic rings. The lowest BCUT2D eigenvalue weighted by molar-refractivity contribution is 0.102. The Bertz CT molecular complexity index is 503. The summed E-state index contributed by atoms with van der Waals surface area (Å²) in [5, 5.41) is 6.45. The van der Waals surface area contributed by atoms with E-state index in [4.69, 9.17) is 4.52 Å². The van der Waals surface area contributed by atoms with Crippen LogP contribution < -0.4 is 5.32 Å². The van der Waals surface area contributed by atoms with Crippen molar-refractivity contribution in [2.75, 3.05) is 5.32 Å². The van der Waals surface area contributed by atoms with Crippen LogP contribution in [0.5, 0.6) is 0 Å². The minimum absolute atomic E-state index is 0.195. The van der Waals surface area contributed by atoms with E-state index in [1.165, 1.54) is 0 Å². The van der Waals surface area contributed by atoms with Crippen LogP contribution in [0.4, 0.5) is 5.88 Å². The third kappa shape index (κ3) is 1.95. The number of hydrogen-bond acceptors (Lipinski definition) is 3.